The molecule has 12 heteroatoms. The second-order valence-electron chi connectivity index (χ2n) is 12.4. The van der Waals surface area contributed by atoms with Crippen molar-refractivity contribution in [3.63, 3.8) is 0 Å². The minimum absolute atomic E-state index is 0.0206. The van der Waals surface area contributed by atoms with Crippen LogP contribution in [0.3, 0.4) is 0 Å². The number of ether oxygens (including phenoxy) is 1. The summed E-state index contributed by atoms with van der Waals surface area (Å²) in [7, 11) is -8.07. The number of amides is 1. The van der Waals surface area contributed by atoms with Crippen molar-refractivity contribution in [1.29, 1.82) is 0 Å². The fourth-order valence-electron chi connectivity index (χ4n) is 6.20. The second kappa shape index (κ2) is 14.4. The Labute approximate surface area is 282 Å². The first-order valence-corrected chi connectivity index (χ1v) is 19.3. The predicted octanol–water partition coefficient (Wildman–Crippen LogP) is 7.12. The van der Waals surface area contributed by atoms with E-state index in [4.69, 9.17) is 16.3 Å². The largest absolute Gasteiger partial charge is 0.494 e. The van der Waals surface area contributed by atoms with Crippen LogP contribution in [0.2, 0.25) is 5.02 Å². The van der Waals surface area contributed by atoms with Crippen molar-refractivity contribution in [3.05, 3.63) is 87.6 Å². The Kier molecular flexibility index (Phi) is 10.7. The number of aryl methyl sites for hydroxylation is 4. The Morgan fingerprint density at radius 1 is 0.851 bits per heavy atom. The smallest absolute Gasteiger partial charge is 0.265 e. The zero-order chi connectivity index (χ0) is 33.9. The first-order valence-electron chi connectivity index (χ1n) is 16.0. The molecule has 1 saturated carbocycles. The second-order valence-corrected chi connectivity index (χ2v) is 16.2. The van der Waals surface area contributed by atoms with Crippen molar-refractivity contribution in [2.45, 2.75) is 95.0 Å². The molecule has 1 aromatic heterocycles. The van der Waals surface area contributed by atoms with Gasteiger partial charge in [-0.15, -0.1) is 0 Å². The number of aromatic nitrogens is 1. The van der Waals surface area contributed by atoms with Gasteiger partial charge in [0.25, 0.3) is 15.9 Å². The molecule has 0 saturated heterocycles. The summed E-state index contributed by atoms with van der Waals surface area (Å²) in [5.74, 6) is -0.0175. The van der Waals surface area contributed by atoms with Crippen molar-refractivity contribution >= 4 is 48.5 Å². The molecule has 252 valence electrons. The summed E-state index contributed by atoms with van der Waals surface area (Å²) in [4.78, 5) is 13.0. The van der Waals surface area contributed by atoms with Crippen LogP contribution in [0.1, 0.15) is 77.7 Å². The summed E-state index contributed by atoms with van der Waals surface area (Å²) in [5, 5.41) is 1.71. The molecule has 1 aliphatic carbocycles. The summed E-state index contributed by atoms with van der Waals surface area (Å²) in [5.41, 5.74) is 5.05. The van der Waals surface area contributed by atoms with Gasteiger partial charge in [-0.25, -0.2) is 26.3 Å². The van der Waals surface area contributed by atoms with Crippen LogP contribution in [-0.4, -0.2) is 40.0 Å². The number of fused-ring (bicyclic) bond motifs is 1. The maximum atomic E-state index is 13.2. The molecule has 0 atom stereocenters. The summed E-state index contributed by atoms with van der Waals surface area (Å²) >= 11 is 6.28. The molecule has 1 aliphatic rings. The number of nitrogens with zero attached hydrogens (tertiary/aromatic N) is 1. The SMILES string of the molecule is Cc1cc(OCCCn2c(C)c(C)c3ccc(C(=O)NS(=O)(=O)c4ccc(S(=O)(=O)NC5CCCCCC5)cc4)cc32)cc(C)c1Cl. The highest BCUT2D eigenvalue weighted by molar-refractivity contribution is 7.90. The molecule has 5 rings (SSSR count). The van der Waals surface area contributed by atoms with Crippen molar-refractivity contribution in [2.75, 3.05) is 6.61 Å². The van der Waals surface area contributed by atoms with Gasteiger partial charge in [0.1, 0.15) is 5.75 Å². The Morgan fingerprint density at radius 3 is 2.06 bits per heavy atom. The van der Waals surface area contributed by atoms with Crippen LogP contribution in [0.4, 0.5) is 0 Å². The number of benzene rings is 3. The van der Waals surface area contributed by atoms with E-state index in [1.807, 2.05) is 45.9 Å². The Morgan fingerprint density at radius 2 is 1.45 bits per heavy atom. The zero-order valence-corrected chi connectivity index (χ0v) is 29.6. The van der Waals surface area contributed by atoms with Crippen LogP contribution in [0.5, 0.6) is 5.75 Å². The highest BCUT2D eigenvalue weighted by Crippen LogP contribution is 2.28. The first-order chi connectivity index (χ1) is 22.3. The number of hydrogen-bond donors (Lipinski definition) is 2. The van der Waals surface area contributed by atoms with Crippen LogP contribution >= 0.6 is 11.6 Å². The molecule has 0 unspecified atom stereocenters. The minimum Gasteiger partial charge on any atom is -0.494 e. The summed E-state index contributed by atoms with van der Waals surface area (Å²) in [6, 6.07) is 13.7. The van der Waals surface area contributed by atoms with Gasteiger partial charge in [0.2, 0.25) is 10.0 Å². The highest BCUT2D eigenvalue weighted by Gasteiger charge is 2.24. The third-order valence-corrected chi connectivity index (χ3v) is 12.4. The molecule has 1 fully saturated rings. The van der Waals surface area contributed by atoms with Crippen LogP contribution < -0.4 is 14.2 Å². The Hall–Kier alpha value is -3.38. The van der Waals surface area contributed by atoms with Gasteiger partial charge in [-0.05, 0) is 112 Å². The molecule has 0 aliphatic heterocycles. The lowest BCUT2D eigenvalue weighted by molar-refractivity contribution is 0.0981. The van der Waals surface area contributed by atoms with E-state index >= 15 is 0 Å². The number of halogens is 1. The van der Waals surface area contributed by atoms with Crippen LogP contribution in [0.15, 0.2) is 64.4 Å². The van der Waals surface area contributed by atoms with Crippen molar-refractivity contribution < 1.29 is 26.4 Å². The fourth-order valence-corrected chi connectivity index (χ4v) is 8.59. The minimum atomic E-state index is -4.27. The topological polar surface area (TPSA) is 124 Å². The third kappa shape index (κ3) is 8.02. The summed E-state index contributed by atoms with van der Waals surface area (Å²) in [6.07, 6.45) is 6.41. The molecule has 2 N–H and O–H groups in total. The van der Waals surface area contributed by atoms with Gasteiger partial charge in [-0.1, -0.05) is 43.4 Å². The molecule has 1 heterocycles. The van der Waals surface area contributed by atoms with Gasteiger partial charge in [0, 0.05) is 39.8 Å². The van der Waals surface area contributed by atoms with E-state index in [0.29, 0.717) is 19.6 Å². The number of carbonyl (C=O) groups excluding carboxylic acids is 1. The lowest BCUT2D eigenvalue weighted by atomic mass is 10.1. The first kappa shape index (κ1) is 34.9. The van der Waals surface area contributed by atoms with E-state index in [9.17, 15) is 21.6 Å². The van der Waals surface area contributed by atoms with Crippen LogP contribution in [0, 0.1) is 27.7 Å². The average molecular weight is 700 g/mol. The number of hydrogen-bond acceptors (Lipinski definition) is 6. The van der Waals surface area contributed by atoms with Crippen LogP contribution in [-0.2, 0) is 26.6 Å². The Balaban J connectivity index is 1.26. The van der Waals surface area contributed by atoms with E-state index in [2.05, 4.69) is 14.0 Å². The van der Waals surface area contributed by atoms with Crippen molar-refractivity contribution in [3.8, 4) is 5.75 Å². The molecule has 0 radical (unpaired) electrons. The van der Waals surface area contributed by atoms with E-state index in [-0.39, 0.29) is 21.4 Å². The molecule has 1 amide bonds. The number of sulfonamides is 2. The van der Waals surface area contributed by atoms with Crippen molar-refractivity contribution in [1.82, 2.24) is 14.0 Å². The summed E-state index contributed by atoms with van der Waals surface area (Å²) < 4.78 is 65.2. The number of nitrogens with one attached hydrogen (secondary N) is 2. The normalized spacial score (nSPS) is 14.7. The van der Waals surface area contributed by atoms with E-state index in [0.717, 1.165) is 82.6 Å². The molecular formula is C35H42ClN3O6S2. The Bertz CT molecular complexity index is 1970. The standard InChI is InChI=1S/C35H42ClN3O6S2/c1-23-20-29(21-24(2)34(23)36)45-19-9-18-39-26(4)25(3)32-17-12-27(22-33(32)39)35(40)38-47(43,44)31-15-13-30(14-16-31)46(41,42)37-28-10-7-5-6-8-11-28/h12-17,20-22,28,37H,5-11,18-19H2,1-4H3,(H,38,40). The summed E-state index contributed by atoms with van der Waals surface area (Å²) in [6.45, 7) is 9.04. The molecule has 47 heavy (non-hydrogen) atoms. The zero-order valence-electron chi connectivity index (χ0n) is 27.2. The molecule has 9 nitrogen and oxygen atoms in total. The predicted molar refractivity (Wildman–Crippen MR) is 185 cm³/mol. The molecule has 3 aromatic carbocycles. The highest BCUT2D eigenvalue weighted by atomic mass is 35.5. The van der Waals surface area contributed by atoms with E-state index in [1.54, 1.807) is 12.1 Å². The number of carbonyl (C=O) groups is 1. The van der Waals surface area contributed by atoms with Crippen LogP contribution in [0.25, 0.3) is 10.9 Å². The van der Waals surface area contributed by atoms with E-state index < -0.39 is 26.0 Å². The van der Waals surface area contributed by atoms with Gasteiger partial charge in [-0.2, -0.15) is 0 Å². The van der Waals surface area contributed by atoms with E-state index in [1.165, 1.54) is 24.3 Å². The lowest BCUT2D eigenvalue weighted by Crippen LogP contribution is -2.34. The maximum absolute atomic E-state index is 13.2. The molecule has 0 bridgehead atoms. The molecular weight excluding hydrogens is 658 g/mol. The van der Waals surface area contributed by atoms with Gasteiger partial charge in [-0.3, -0.25) is 4.79 Å². The molecule has 0 spiro atoms. The van der Waals surface area contributed by atoms with Gasteiger partial charge < -0.3 is 9.30 Å². The lowest BCUT2D eigenvalue weighted by Gasteiger charge is -2.16. The monoisotopic (exact) mass is 699 g/mol. The van der Waals surface area contributed by atoms with Gasteiger partial charge in [0.15, 0.2) is 0 Å². The van der Waals surface area contributed by atoms with Gasteiger partial charge in [0.05, 0.1) is 16.4 Å². The number of rotatable bonds is 11. The van der Waals surface area contributed by atoms with Crippen molar-refractivity contribution in [2.24, 2.45) is 0 Å². The van der Waals surface area contributed by atoms with Gasteiger partial charge >= 0.3 is 0 Å². The molecule has 4 aromatic rings. The average Bonchev–Trinajstić information content (AvgIpc) is 3.17. The third-order valence-electron chi connectivity index (χ3n) is 8.96. The maximum Gasteiger partial charge on any atom is 0.265 e. The quantitative estimate of drug-likeness (QED) is 0.127. The fraction of sp³-hybridized carbons (Fsp3) is 0.400.